The Bertz CT molecular complexity index is 364. The van der Waals surface area contributed by atoms with Crippen molar-refractivity contribution in [3.63, 3.8) is 0 Å². The van der Waals surface area contributed by atoms with E-state index in [0.29, 0.717) is 18.7 Å². The summed E-state index contributed by atoms with van der Waals surface area (Å²) in [6.07, 6.45) is 0.404. The summed E-state index contributed by atoms with van der Waals surface area (Å²) in [6.45, 7) is 5.28. The number of carbonyl (C=O) groups excluding carboxylic acids is 1. The van der Waals surface area contributed by atoms with Crippen LogP contribution in [-0.4, -0.2) is 24.1 Å². The summed E-state index contributed by atoms with van der Waals surface area (Å²) in [4.78, 5) is 11.5. The molecule has 0 aromatic heterocycles. The number of aromatic hydroxyl groups is 1. The minimum Gasteiger partial charge on any atom is -0.505 e. The van der Waals surface area contributed by atoms with Gasteiger partial charge in [-0.05, 0) is 25.1 Å². The molecule has 0 fully saturated rings. The highest BCUT2D eigenvalue weighted by Gasteiger charge is 2.07. The lowest BCUT2D eigenvalue weighted by Gasteiger charge is -2.08. The van der Waals surface area contributed by atoms with E-state index in [0.717, 1.165) is 12.1 Å². The van der Waals surface area contributed by atoms with Gasteiger partial charge in [-0.2, -0.15) is 0 Å². The van der Waals surface area contributed by atoms with Crippen LogP contribution in [0.3, 0.4) is 0 Å². The highest BCUT2D eigenvalue weighted by Crippen LogP contribution is 2.26. The fourth-order valence-corrected chi connectivity index (χ4v) is 1.35. The Balaban J connectivity index is 2.53. The maximum atomic E-state index is 11.5. The summed E-state index contributed by atoms with van der Waals surface area (Å²) < 4.78 is 0. The molecule has 0 bridgehead atoms. The van der Waals surface area contributed by atoms with Gasteiger partial charge in [-0.1, -0.05) is 19.1 Å². The highest BCUT2D eigenvalue weighted by atomic mass is 16.3. The van der Waals surface area contributed by atoms with Crippen LogP contribution in [0, 0.1) is 6.92 Å². The molecule has 0 atom stereocenters. The van der Waals surface area contributed by atoms with Crippen LogP contribution in [0.1, 0.15) is 18.9 Å². The maximum Gasteiger partial charge on any atom is 0.225 e. The SMILES string of the molecule is CCNCCC(=O)Nc1cccc(C)c1O. The Morgan fingerprint density at radius 2 is 2.19 bits per heavy atom. The molecule has 0 saturated heterocycles. The summed E-state index contributed by atoms with van der Waals surface area (Å²) in [5.41, 5.74) is 1.23. The standard InChI is InChI=1S/C12H18N2O2/c1-3-13-8-7-11(15)14-10-6-4-5-9(2)12(10)16/h4-6,13,16H,3,7-8H2,1-2H3,(H,14,15). The van der Waals surface area contributed by atoms with Crippen LogP contribution < -0.4 is 10.6 Å². The van der Waals surface area contributed by atoms with Crippen molar-refractivity contribution in [1.82, 2.24) is 5.32 Å². The van der Waals surface area contributed by atoms with E-state index in [1.807, 2.05) is 6.92 Å². The molecular formula is C12H18N2O2. The minimum atomic E-state index is -0.0955. The average Bonchev–Trinajstić information content (AvgIpc) is 2.25. The van der Waals surface area contributed by atoms with Crippen molar-refractivity contribution in [3.05, 3.63) is 23.8 Å². The highest BCUT2D eigenvalue weighted by molar-refractivity contribution is 5.92. The Morgan fingerprint density at radius 3 is 2.88 bits per heavy atom. The molecule has 88 valence electrons. The fourth-order valence-electron chi connectivity index (χ4n) is 1.35. The monoisotopic (exact) mass is 222 g/mol. The van der Waals surface area contributed by atoms with Gasteiger partial charge in [-0.15, -0.1) is 0 Å². The molecular weight excluding hydrogens is 204 g/mol. The number of aryl methyl sites for hydroxylation is 1. The zero-order valence-corrected chi connectivity index (χ0v) is 9.71. The zero-order valence-electron chi connectivity index (χ0n) is 9.71. The van der Waals surface area contributed by atoms with E-state index in [9.17, 15) is 9.90 Å². The van der Waals surface area contributed by atoms with Crippen molar-refractivity contribution < 1.29 is 9.90 Å². The van der Waals surface area contributed by atoms with Crippen LogP contribution in [-0.2, 0) is 4.79 Å². The lowest BCUT2D eigenvalue weighted by atomic mass is 10.2. The number of nitrogens with one attached hydrogen (secondary N) is 2. The normalized spacial score (nSPS) is 10.1. The second kappa shape index (κ2) is 6.12. The molecule has 1 aromatic carbocycles. The van der Waals surface area contributed by atoms with Crippen LogP contribution in [0.4, 0.5) is 5.69 Å². The van der Waals surface area contributed by atoms with Gasteiger partial charge < -0.3 is 15.7 Å². The number of rotatable bonds is 5. The Hall–Kier alpha value is -1.55. The van der Waals surface area contributed by atoms with Gasteiger partial charge in [-0.25, -0.2) is 0 Å². The maximum absolute atomic E-state index is 11.5. The van der Waals surface area contributed by atoms with E-state index < -0.39 is 0 Å². The lowest BCUT2D eigenvalue weighted by Crippen LogP contribution is -2.21. The second-order valence-electron chi connectivity index (χ2n) is 3.62. The molecule has 1 amide bonds. The summed E-state index contributed by atoms with van der Waals surface area (Å²) >= 11 is 0. The number of hydrogen-bond donors (Lipinski definition) is 3. The zero-order chi connectivity index (χ0) is 12.0. The van der Waals surface area contributed by atoms with Crippen molar-refractivity contribution in [2.24, 2.45) is 0 Å². The molecule has 1 rings (SSSR count). The molecule has 0 spiro atoms. The lowest BCUT2D eigenvalue weighted by molar-refractivity contribution is -0.116. The van der Waals surface area contributed by atoms with Crippen molar-refractivity contribution in [1.29, 1.82) is 0 Å². The van der Waals surface area contributed by atoms with E-state index in [-0.39, 0.29) is 11.7 Å². The molecule has 0 saturated carbocycles. The molecule has 0 aliphatic carbocycles. The number of hydrogen-bond acceptors (Lipinski definition) is 3. The van der Waals surface area contributed by atoms with Crippen LogP contribution in [0.2, 0.25) is 0 Å². The first-order chi connectivity index (χ1) is 7.65. The number of amides is 1. The van der Waals surface area contributed by atoms with Gasteiger partial charge >= 0.3 is 0 Å². The molecule has 4 heteroatoms. The van der Waals surface area contributed by atoms with E-state index in [2.05, 4.69) is 10.6 Å². The third kappa shape index (κ3) is 3.55. The summed E-state index contributed by atoms with van der Waals surface area (Å²) in [7, 11) is 0. The Kier molecular flexibility index (Phi) is 4.79. The molecule has 3 N–H and O–H groups in total. The van der Waals surface area contributed by atoms with Crippen LogP contribution in [0.5, 0.6) is 5.75 Å². The molecule has 0 heterocycles. The van der Waals surface area contributed by atoms with Gasteiger partial charge in [0, 0.05) is 13.0 Å². The summed E-state index contributed by atoms with van der Waals surface area (Å²) in [5.74, 6) is 0.0427. The van der Waals surface area contributed by atoms with Crippen molar-refractivity contribution in [2.45, 2.75) is 20.3 Å². The van der Waals surface area contributed by atoms with E-state index in [1.165, 1.54) is 0 Å². The van der Waals surface area contributed by atoms with Crippen LogP contribution >= 0.6 is 0 Å². The van der Waals surface area contributed by atoms with Crippen LogP contribution in [0.25, 0.3) is 0 Å². The molecule has 0 aliphatic rings. The average molecular weight is 222 g/mol. The number of phenols is 1. The first-order valence-corrected chi connectivity index (χ1v) is 5.44. The minimum absolute atomic E-state index is 0.0955. The second-order valence-corrected chi connectivity index (χ2v) is 3.62. The van der Waals surface area contributed by atoms with Crippen LogP contribution in [0.15, 0.2) is 18.2 Å². The number of carbonyl (C=O) groups is 1. The van der Waals surface area contributed by atoms with Gasteiger partial charge in [0.25, 0.3) is 0 Å². The predicted molar refractivity (Wildman–Crippen MR) is 64.6 cm³/mol. The molecule has 0 radical (unpaired) electrons. The van der Waals surface area contributed by atoms with Gasteiger partial charge in [-0.3, -0.25) is 4.79 Å². The van der Waals surface area contributed by atoms with E-state index >= 15 is 0 Å². The van der Waals surface area contributed by atoms with Crippen molar-refractivity contribution >= 4 is 11.6 Å². The van der Waals surface area contributed by atoms with Gasteiger partial charge in [0.2, 0.25) is 5.91 Å². The summed E-state index contributed by atoms with van der Waals surface area (Å²) in [6, 6.07) is 5.28. The molecule has 0 aliphatic heterocycles. The van der Waals surface area contributed by atoms with E-state index in [4.69, 9.17) is 0 Å². The third-order valence-corrected chi connectivity index (χ3v) is 2.29. The predicted octanol–water partition coefficient (Wildman–Crippen LogP) is 1.64. The molecule has 0 unspecified atom stereocenters. The topological polar surface area (TPSA) is 61.4 Å². The number of benzene rings is 1. The number of phenolic OH excluding ortho intramolecular Hbond substituents is 1. The van der Waals surface area contributed by atoms with E-state index in [1.54, 1.807) is 25.1 Å². The Labute approximate surface area is 95.7 Å². The summed E-state index contributed by atoms with van der Waals surface area (Å²) in [5, 5.41) is 15.4. The van der Waals surface area contributed by atoms with Gasteiger partial charge in [0.05, 0.1) is 5.69 Å². The quantitative estimate of drug-likeness (QED) is 0.524. The van der Waals surface area contributed by atoms with Crippen molar-refractivity contribution in [3.8, 4) is 5.75 Å². The molecule has 16 heavy (non-hydrogen) atoms. The molecule has 1 aromatic rings. The number of para-hydroxylation sites is 1. The third-order valence-electron chi connectivity index (χ3n) is 2.29. The first-order valence-electron chi connectivity index (χ1n) is 5.44. The fraction of sp³-hybridized carbons (Fsp3) is 0.417. The van der Waals surface area contributed by atoms with Crippen molar-refractivity contribution in [2.75, 3.05) is 18.4 Å². The first kappa shape index (κ1) is 12.5. The largest absolute Gasteiger partial charge is 0.505 e. The van der Waals surface area contributed by atoms with Gasteiger partial charge in [0.15, 0.2) is 0 Å². The molecule has 4 nitrogen and oxygen atoms in total. The number of anilines is 1. The Morgan fingerprint density at radius 1 is 1.44 bits per heavy atom. The smallest absolute Gasteiger partial charge is 0.225 e. The van der Waals surface area contributed by atoms with Gasteiger partial charge in [0.1, 0.15) is 5.75 Å².